The van der Waals surface area contributed by atoms with Crippen molar-refractivity contribution >= 4 is 11.9 Å². The quantitative estimate of drug-likeness (QED) is 0.668. The van der Waals surface area contributed by atoms with Crippen LogP contribution in [-0.2, 0) is 14.3 Å². The Hall–Kier alpha value is -2.62. The molecule has 3 unspecified atom stereocenters. The lowest BCUT2D eigenvalue weighted by Gasteiger charge is -2.39. The largest absolute Gasteiger partial charge is 0.480 e. The molecule has 1 aromatic carbocycles. The number of ether oxygens (including phenoxy) is 1. The molecule has 0 aliphatic heterocycles. The van der Waals surface area contributed by atoms with Crippen molar-refractivity contribution in [3.63, 3.8) is 0 Å². The minimum atomic E-state index is -1.36. The molecule has 120 valence electrons. The van der Waals surface area contributed by atoms with Crippen LogP contribution in [0.1, 0.15) is 25.3 Å². The number of carbonyl (C=O) groups is 2. The fraction of sp³-hybridized carbons (Fsp3) is 0.263. The van der Waals surface area contributed by atoms with Crippen LogP contribution in [0.15, 0.2) is 66.8 Å². The van der Waals surface area contributed by atoms with Crippen molar-refractivity contribution in [3.8, 4) is 0 Å². The fourth-order valence-corrected chi connectivity index (χ4v) is 2.77. The zero-order chi connectivity index (χ0) is 17.0. The highest BCUT2D eigenvalue weighted by Gasteiger charge is 2.50. The Labute approximate surface area is 135 Å². The van der Waals surface area contributed by atoms with Crippen molar-refractivity contribution in [1.29, 1.82) is 0 Å². The third-order valence-electron chi connectivity index (χ3n) is 4.21. The van der Waals surface area contributed by atoms with Gasteiger partial charge < -0.3 is 9.84 Å². The highest BCUT2D eigenvalue weighted by Crippen LogP contribution is 2.44. The molecule has 0 aromatic heterocycles. The summed E-state index contributed by atoms with van der Waals surface area (Å²) in [6.07, 6.45) is 5.68. The van der Waals surface area contributed by atoms with Gasteiger partial charge in [0, 0.05) is 11.5 Å². The fourth-order valence-electron chi connectivity index (χ4n) is 2.77. The highest BCUT2D eigenvalue weighted by molar-refractivity contribution is 5.88. The van der Waals surface area contributed by atoms with Crippen LogP contribution in [0, 0.1) is 5.41 Å². The van der Waals surface area contributed by atoms with Gasteiger partial charge in [-0.05, 0) is 18.6 Å². The monoisotopic (exact) mass is 312 g/mol. The summed E-state index contributed by atoms with van der Waals surface area (Å²) in [7, 11) is 0. The van der Waals surface area contributed by atoms with Crippen molar-refractivity contribution < 1.29 is 19.4 Å². The van der Waals surface area contributed by atoms with Crippen LogP contribution in [0.5, 0.6) is 0 Å². The summed E-state index contributed by atoms with van der Waals surface area (Å²) in [6, 6.07) is 9.34. The summed E-state index contributed by atoms with van der Waals surface area (Å²) in [5.41, 5.74) is -0.257. The molecule has 1 N–H and O–H groups in total. The van der Waals surface area contributed by atoms with Crippen LogP contribution in [0.4, 0.5) is 0 Å². The average Bonchev–Trinajstić information content (AvgIpc) is 2.55. The van der Waals surface area contributed by atoms with E-state index in [4.69, 9.17) is 4.74 Å². The molecule has 0 fully saturated rings. The van der Waals surface area contributed by atoms with Gasteiger partial charge in [0.25, 0.3) is 0 Å². The minimum Gasteiger partial charge on any atom is -0.480 e. The number of aliphatic carboxylic acids is 1. The first kappa shape index (κ1) is 16.7. The van der Waals surface area contributed by atoms with Gasteiger partial charge in [-0.3, -0.25) is 4.79 Å². The number of carbonyl (C=O) groups excluding carboxylic acids is 1. The summed E-state index contributed by atoms with van der Waals surface area (Å²) in [6.45, 7) is 6.92. The molecule has 4 nitrogen and oxygen atoms in total. The Morgan fingerprint density at radius 1 is 1.26 bits per heavy atom. The Morgan fingerprint density at radius 3 is 2.48 bits per heavy atom. The van der Waals surface area contributed by atoms with Crippen molar-refractivity contribution in [2.45, 2.75) is 25.9 Å². The van der Waals surface area contributed by atoms with E-state index in [1.54, 1.807) is 24.3 Å². The standard InChI is InChI=1S/C19H20O4/c1-13(2)17(20)23-16-11-7-8-12-19(16,18(21)22)14(3)15-9-5-4-6-10-15/h4-12,14,16H,1H2,2-3H3,(H,21,22). The van der Waals surface area contributed by atoms with E-state index in [1.807, 2.05) is 37.3 Å². The molecule has 1 aliphatic carbocycles. The average molecular weight is 312 g/mol. The van der Waals surface area contributed by atoms with Gasteiger partial charge in [0.1, 0.15) is 11.5 Å². The predicted octanol–water partition coefficient (Wildman–Crippen LogP) is 3.48. The van der Waals surface area contributed by atoms with Crippen LogP contribution in [-0.4, -0.2) is 23.1 Å². The zero-order valence-electron chi connectivity index (χ0n) is 13.2. The number of hydrogen-bond donors (Lipinski definition) is 1. The first-order valence-electron chi connectivity index (χ1n) is 7.40. The van der Waals surface area contributed by atoms with E-state index < -0.39 is 23.5 Å². The van der Waals surface area contributed by atoms with Gasteiger partial charge in [-0.1, -0.05) is 62.1 Å². The maximum absolute atomic E-state index is 12.2. The van der Waals surface area contributed by atoms with Crippen molar-refractivity contribution in [1.82, 2.24) is 0 Å². The van der Waals surface area contributed by atoms with E-state index in [2.05, 4.69) is 6.58 Å². The molecule has 0 spiro atoms. The van der Waals surface area contributed by atoms with E-state index in [-0.39, 0.29) is 11.5 Å². The third kappa shape index (κ3) is 3.11. The topological polar surface area (TPSA) is 63.6 Å². The predicted molar refractivity (Wildman–Crippen MR) is 87.9 cm³/mol. The van der Waals surface area contributed by atoms with E-state index in [9.17, 15) is 14.7 Å². The van der Waals surface area contributed by atoms with Crippen molar-refractivity contribution in [2.75, 3.05) is 0 Å². The second kappa shape index (κ2) is 6.65. The molecule has 0 radical (unpaired) electrons. The SMILES string of the molecule is C=C(C)C(=O)OC1C=CC=CC1(C(=O)O)C(C)c1ccccc1. The van der Waals surface area contributed by atoms with E-state index in [0.29, 0.717) is 0 Å². The van der Waals surface area contributed by atoms with Crippen LogP contribution in [0.25, 0.3) is 0 Å². The summed E-state index contributed by atoms with van der Waals surface area (Å²) >= 11 is 0. The van der Waals surface area contributed by atoms with Gasteiger partial charge in [0.2, 0.25) is 0 Å². The summed E-state index contributed by atoms with van der Waals surface area (Å²) < 4.78 is 5.42. The molecular weight excluding hydrogens is 292 g/mol. The molecule has 0 heterocycles. The lowest BCUT2D eigenvalue weighted by Crippen LogP contribution is -2.47. The van der Waals surface area contributed by atoms with E-state index >= 15 is 0 Å². The Morgan fingerprint density at radius 2 is 1.91 bits per heavy atom. The molecule has 23 heavy (non-hydrogen) atoms. The van der Waals surface area contributed by atoms with Gasteiger partial charge in [-0.2, -0.15) is 0 Å². The van der Waals surface area contributed by atoms with E-state index in [1.165, 1.54) is 6.92 Å². The number of esters is 1. The molecule has 1 aliphatic rings. The molecule has 0 amide bonds. The Balaban J connectivity index is 2.46. The molecule has 0 saturated heterocycles. The summed E-state index contributed by atoms with van der Waals surface area (Å²) in [4.78, 5) is 24.1. The van der Waals surface area contributed by atoms with Crippen molar-refractivity contribution in [2.24, 2.45) is 5.41 Å². The Kier molecular flexibility index (Phi) is 4.84. The van der Waals surface area contributed by atoms with Crippen LogP contribution in [0.2, 0.25) is 0 Å². The number of carboxylic acid groups (broad SMARTS) is 1. The number of rotatable bonds is 5. The maximum Gasteiger partial charge on any atom is 0.333 e. The second-order valence-corrected chi connectivity index (χ2v) is 5.72. The minimum absolute atomic E-state index is 0.236. The summed E-state index contributed by atoms with van der Waals surface area (Å²) in [5, 5.41) is 9.94. The number of benzene rings is 1. The smallest absolute Gasteiger partial charge is 0.333 e. The normalized spacial score (nSPS) is 24.0. The molecule has 2 rings (SSSR count). The van der Waals surface area contributed by atoms with Gasteiger partial charge in [-0.15, -0.1) is 0 Å². The number of carboxylic acids is 1. The Bertz CT molecular complexity index is 672. The first-order chi connectivity index (χ1) is 10.9. The third-order valence-corrected chi connectivity index (χ3v) is 4.21. The maximum atomic E-state index is 12.2. The molecule has 1 aromatic rings. The van der Waals surface area contributed by atoms with Gasteiger partial charge in [-0.25, -0.2) is 4.79 Å². The zero-order valence-corrected chi connectivity index (χ0v) is 13.2. The van der Waals surface area contributed by atoms with Crippen LogP contribution < -0.4 is 0 Å². The van der Waals surface area contributed by atoms with Crippen molar-refractivity contribution in [3.05, 3.63) is 72.4 Å². The second-order valence-electron chi connectivity index (χ2n) is 5.72. The molecule has 0 saturated carbocycles. The number of hydrogen-bond acceptors (Lipinski definition) is 3. The number of allylic oxidation sites excluding steroid dienone is 2. The van der Waals surface area contributed by atoms with Gasteiger partial charge in [0.15, 0.2) is 0 Å². The lowest BCUT2D eigenvalue weighted by molar-refractivity contribution is -0.160. The summed E-state index contributed by atoms with van der Waals surface area (Å²) in [5.74, 6) is -2.01. The highest BCUT2D eigenvalue weighted by atomic mass is 16.5. The van der Waals surface area contributed by atoms with Crippen LogP contribution in [0.3, 0.4) is 0 Å². The van der Waals surface area contributed by atoms with E-state index in [0.717, 1.165) is 5.56 Å². The lowest BCUT2D eigenvalue weighted by atomic mass is 9.67. The van der Waals surface area contributed by atoms with Gasteiger partial charge in [0.05, 0.1) is 0 Å². The molecule has 3 atom stereocenters. The molecule has 4 heteroatoms. The van der Waals surface area contributed by atoms with Crippen LogP contribution >= 0.6 is 0 Å². The first-order valence-corrected chi connectivity index (χ1v) is 7.40. The molecule has 0 bridgehead atoms. The van der Waals surface area contributed by atoms with Gasteiger partial charge >= 0.3 is 11.9 Å². The molecular formula is C19H20O4.